The number of carbonyl (C=O) groups is 1. The number of ether oxygens (including phenoxy) is 1. The Kier molecular flexibility index (Phi) is 7.93. The molecular formula is C16H22BrClN2O2. The Hall–Kier alpha value is -1.04. The number of amides is 1. The highest BCUT2D eigenvalue weighted by atomic mass is 79.9. The van der Waals surface area contributed by atoms with E-state index in [1.165, 1.54) is 5.57 Å². The summed E-state index contributed by atoms with van der Waals surface area (Å²) in [7, 11) is 0. The zero-order chi connectivity index (χ0) is 15.2. The van der Waals surface area contributed by atoms with Crippen molar-refractivity contribution in [3.05, 3.63) is 39.9 Å². The van der Waals surface area contributed by atoms with E-state index in [-0.39, 0.29) is 18.3 Å². The summed E-state index contributed by atoms with van der Waals surface area (Å²) in [4.78, 5) is 12.1. The second kappa shape index (κ2) is 9.18. The first-order valence-corrected chi connectivity index (χ1v) is 7.94. The molecule has 0 radical (unpaired) electrons. The molecule has 0 aromatic heterocycles. The molecule has 0 aliphatic carbocycles. The van der Waals surface area contributed by atoms with Gasteiger partial charge in [0.25, 0.3) is 5.91 Å². The van der Waals surface area contributed by atoms with Crippen molar-refractivity contribution in [2.45, 2.75) is 26.4 Å². The van der Waals surface area contributed by atoms with Crippen LogP contribution in [0, 0.1) is 6.92 Å². The Balaban J connectivity index is 0.00000242. The van der Waals surface area contributed by atoms with Gasteiger partial charge in [-0.25, -0.2) is 0 Å². The molecule has 1 aliphatic rings. The van der Waals surface area contributed by atoms with Gasteiger partial charge in [-0.05, 0) is 60.4 Å². The van der Waals surface area contributed by atoms with Crippen LogP contribution >= 0.6 is 28.3 Å². The lowest BCUT2D eigenvalue weighted by molar-refractivity contribution is -0.127. The number of hydrogen-bond acceptors (Lipinski definition) is 3. The molecule has 2 N–H and O–H groups in total. The van der Waals surface area contributed by atoms with Gasteiger partial charge in [0.15, 0.2) is 6.10 Å². The molecule has 22 heavy (non-hydrogen) atoms. The van der Waals surface area contributed by atoms with Crippen LogP contribution in [0.15, 0.2) is 34.3 Å². The summed E-state index contributed by atoms with van der Waals surface area (Å²) >= 11 is 3.45. The second-order valence-electron chi connectivity index (χ2n) is 5.23. The van der Waals surface area contributed by atoms with Gasteiger partial charge < -0.3 is 15.4 Å². The van der Waals surface area contributed by atoms with Crippen molar-refractivity contribution in [3.63, 3.8) is 0 Å². The van der Waals surface area contributed by atoms with Crippen molar-refractivity contribution in [1.82, 2.24) is 10.6 Å². The van der Waals surface area contributed by atoms with Gasteiger partial charge in [-0.3, -0.25) is 4.79 Å². The topological polar surface area (TPSA) is 50.4 Å². The van der Waals surface area contributed by atoms with E-state index >= 15 is 0 Å². The average molecular weight is 390 g/mol. The zero-order valence-corrected chi connectivity index (χ0v) is 15.2. The van der Waals surface area contributed by atoms with Gasteiger partial charge in [-0.2, -0.15) is 0 Å². The third-order valence-corrected chi connectivity index (χ3v) is 4.03. The SMILES string of the molecule is Cc1ccc(OC(C)C(=O)NCC2=CCNCC2)c(Br)c1.Cl. The first-order valence-electron chi connectivity index (χ1n) is 7.15. The molecule has 2 rings (SSSR count). The molecule has 1 unspecified atom stereocenters. The Morgan fingerprint density at radius 3 is 2.91 bits per heavy atom. The van der Waals surface area contributed by atoms with Crippen LogP contribution in [0.25, 0.3) is 0 Å². The number of halogens is 2. The summed E-state index contributed by atoms with van der Waals surface area (Å²) < 4.78 is 6.58. The Bertz CT molecular complexity index is 549. The van der Waals surface area contributed by atoms with Gasteiger partial charge in [0.2, 0.25) is 0 Å². The Morgan fingerprint density at radius 1 is 1.50 bits per heavy atom. The van der Waals surface area contributed by atoms with Gasteiger partial charge >= 0.3 is 0 Å². The number of rotatable bonds is 5. The van der Waals surface area contributed by atoms with Crippen molar-refractivity contribution in [3.8, 4) is 5.75 Å². The van der Waals surface area contributed by atoms with Gasteiger partial charge in [0.05, 0.1) is 4.47 Å². The molecule has 122 valence electrons. The van der Waals surface area contributed by atoms with Crippen LogP contribution in [0.3, 0.4) is 0 Å². The smallest absolute Gasteiger partial charge is 0.261 e. The molecule has 1 aromatic rings. The van der Waals surface area contributed by atoms with Crippen LogP contribution in [0.4, 0.5) is 0 Å². The molecule has 0 saturated heterocycles. The molecule has 1 atom stereocenters. The maximum atomic E-state index is 12.1. The van der Waals surface area contributed by atoms with E-state index in [0.29, 0.717) is 12.3 Å². The monoisotopic (exact) mass is 388 g/mol. The van der Waals surface area contributed by atoms with E-state index in [4.69, 9.17) is 4.74 Å². The molecule has 0 fully saturated rings. The number of aryl methyl sites for hydroxylation is 1. The summed E-state index contributed by atoms with van der Waals surface area (Å²) in [5, 5.41) is 6.18. The fourth-order valence-corrected chi connectivity index (χ4v) is 2.71. The van der Waals surface area contributed by atoms with Gasteiger partial charge in [-0.1, -0.05) is 17.7 Å². The lowest BCUT2D eigenvalue weighted by Gasteiger charge is -2.18. The van der Waals surface area contributed by atoms with Crippen LogP contribution in [0.5, 0.6) is 5.75 Å². The minimum atomic E-state index is -0.522. The lowest BCUT2D eigenvalue weighted by Crippen LogP contribution is -2.38. The van der Waals surface area contributed by atoms with Gasteiger partial charge in [0.1, 0.15) is 5.75 Å². The van der Waals surface area contributed by atoms with Crippen molar-refractivity contribution in [2.24, 2.45) is 0 Å². The van der Waals surface area contributed by atoms with E-state index in [1.54, 1.807) is 6.92 Å². The van der Waals surface area contributed by atoms with Crippen molar-refractivity contribution in [2.75, 3.05) is 19.6 Å². The maximum absolute atomic E-state index is 12.1. The standard InChI is InChI=1S/C16H21BrN2O2.ClH/c1-11-3-4-15(14(17)9-11)21-12(2)16(20)19-10-13-5-7-18-8-6-13;/h3-5,9,12,18H,6-8,10H2,1-2H3,(H,19,20);1H. The fourth-order valence-electron chi connectivity index (χ4n) is 2.12. The number of hydrogen-bond donors (Lipinski definition) is 2. The largest absolute Gasteiger partial charge is 0.480 e. The predicted octanol–water partition coefficient (Wildman–Crippen LogP) is 2.98. The molecule has 1 heterocycles. The first-order chi connectivity index (χ1) is 10.1. The number of carbonyl (C=O) groups excluding carboxylic acids is 1. The molecule has 0 spiro atoms. The molecule has 0 bridgehead atoms. The third-order valence-electron chi connectivity index (χ3n) is 3.41. The zero-order valence-electron chi connectivity index (χ0n) is 12.8. The van der Waals surface area contributed by atoms with Crippen molar-refractivity contribution >= 4 is 34.2 Å². The highest BCUT2D eigenvalue weighted by Gasteiger charge is 2.16. The molecular weight excluding hydrogens is 368 g/mol. The summed E-state index contributed by atoms with van der Waals surface area (Å²) in [5.74, 6) is 0.589. The van der Waals surface area contributed by atoms with Crippen LogP contribution in [-0.4, -0.2) is 31.6 Å². The molecule has 1 amide bonds. The fraction of sp³-hybridized carbons (Fsp3) is 0.438. The quantitative estimate of drug-likeness (QED) is 0.761. The Labute approximate surface area is 146 Å². The molecule has 6 heteroatoms. The molecule has 1 aromatic carbocycles. The van der Waals surface area contributed by atoms with Crippen molar-refractivity contribution < 1.29 is 9.53 Å². The minimum absolute atomic E-state index is 0. The van der Waals surface area contributed by atoms with E-state index < -0.39 is 6.10 Å². The molecule has 1 aliphatic heterocycles. The first kappa shape index (κ1) is 19.0. The average Bonchev–Trinajstić information content (AvgIpc) is 2.48. The molecule has 0 saturated carbocycles. The molecule has 4 nitrogen and oxygen atoms in total. The maximum Gasteiger partial charge on any atom is 0.261 e. The van der Waals surface area contributed by atoms with E-state index in [9.17, 15) is 4.79 Å². The van der Waals surface area contributed by atoms with E-state index in [0.717, 1.165) is 29.5 Å². The van der Waals surface area contributed by atoms with E-state index in [2.05, 4.69) is 32.6 Å². The summed E-state index contributed by atoms with van der Waals surface area (Å²) in [6, 6.07) is 5.81. The van der Waals surface area contributed by atoms with E-state index in [1.807, 2.05) is 25.1 Å². The van der Waals surface area contributed by atoms with Crippen molar-refractivity contribution in [1.29, 1.82) is 0 Å². The second-order valence-corrected chi connectivity index (χ2v) is 6.08. The van der Waals surface area contributed by atoms with Gasteiger partial charge in [0, 0.05) is 13.1 Å². The number of benzene rings is 1. The highest BCUT2D eigenvalue weighted by Crippen LogP contribution is 2.26. The summed E-state index contributed by atoms with van der Waals surface area (Å²) in [5.41, 5.74) is 2.41. The Morgan fingerprint density at radius 2 is 2.27 bits per heavy atom. The van der Waals surface area contributed by atoms with Gasteiger partial charge in [-0.15, -0.1) is 12.4 Å². The van der Waals surface area contributed by atoms with Crippen LogP contribution in [0.1, 0.15) is 18.9 Å². The lowest BCUT2D eigenvalue weighted by atomic mass is 10.1. The number of nitrogens with one attached hydrogen (secondary N) is 2. The van der Waals surface area contributed by atoms with Crippen LogP contribution < -0.4 is 15.4 Å². The predicted molar refractivity (Wildman–Crippen MR) is 94.8 cm³/mol. The van der Waals surface area contributed by atoms with Crippen LogP contribution in [0.2, 0.25) is 0 Å². The van der Waals surface area contributed by atoms with Crippen LogP contribution in [-0.2, 0) is 4.79 Å². The summed E-state index contributed by atoms with van der Waals surface area (Å²) in [6.07, 6.45) is 2.59. The summed E-state index contributed by atoms with van der Waals surface area (Å²) in [6.45, 7) is 6.23. The normalized spacial score (nSPS) is 15.3. The third kappa shape index (κ3) is 5.63. The highest BCUT2D eigenvalue weighted by molar-refractivity contribution is 9.10. The minimum Gasteiger partial charge on any atom is -0.480 e.